The van der Waals surface area contributed by atoms with Gasteiger partial charge >= 0.3 is 0 Å². The average molecular weight is 377 g/mol. The number of fused-ring (bicyclic) bond motifs is 3. The van der Waals surface area contributed by atoms with Gasteiger partial charge in [-0.05, 0) is 23.3 Å². The van der Waals surface area contributed by atoms with Crippen LogP contribution in [0.2, 0.25) is 0 Å². The van der Waals surface area contributed by atoms with Crippen molar-refractivity contribution in [2.24, 2.45) is 0 Å². The second kappa shape index (κ2) is 6.91. The molecule has 5 rings (SSSR count). The van der Waals surface area contributed by atoms with Gasteiger partial charge < -0.3 is 4.57 Å². The lowest BCUT2D eigenvalue weighted by Gasteiger charge is -2.08. The molecule has 0 radical (unpaired) electrons. The van der Waals surface area contributed by atoms with Crippen molar-refractivity contribution in [3.63, 3.8) is 0 Å². The van der Waals surface area contributed by atoms with Crippen LogP contribution in [0, 0.1) is 0 Å². The summed E-state index contributed by atoms with van der Waals surface area (Å²) >= 11 is 0. The Labute approximate surface area is 168 Å². The fraction of sp³-hybridized carbons (Fsp3) is 0.0400. The summed E-state index contributed by atoms with van der Waals surface area (Å²) in [5, 5.41) is 0. The summed E-state index contributed by atoms with van der Waals surface area (Å²) in [5.74, 6) is 0.644. The van der Waals surface area contributed by atoms with Crippen molar-refractivity contribution in [3.05, 3.63) is 113 Å². The van der Waals surface area contributed by atoms with E-state index in [-0.39, 0.29) is 5.56 Å². The first-order valence-electron chi connectivity index (χ1n) is 9.52. The lowest BCUT2D eigenvalue weighted by Crippen LogP contribution is -2.14. The Hall–Kier alpha value is -3.92. The molecule has 0 amide bonds. The summed E-state index contributed by atoms with van der Waals surface area (Å²) in [6.07, 6.45) is 1.83. The van der Waals surface area contributed by atoms with Crippen molar-refractivity contribution in [1.29, 1.82) is 0 Å². The van der Waals surface area contributed by atoms with E-state index in [0.29, 0.717) is 18.0 Å². The number of aromatic nitrogens is 3. The van der Waals surface area contributed by atoms with E-state index in [1.165, 1.54) is 0 Å². The Kier molecular flexibility index (Phi) is 4.10. The Morgan fingerprint density at radius 3 is 2.28 bits per heavy atom. The lowest BCUT2D eigenvalue weighted by atomic mass is 10.1. The van der Waals surface area contributed by atoms with Gasteiger partial charge in [0.25, 0.3) is 5.56 Å². The largest absolute Gasteiger partial charge is 0.305 e. The van der Waals surface area contributed by atoms with Gasteiger partial charge in [-0.25, -0.2) is 9.38 Å². The second-order valence-electron chi connectivity index (χ2n) is 7.00. The molecule has 2 aromatic heterocycles. The number of nitrogens with zero attached hydrogens (tertiary/aromatic N) is 3. The first kappa shape index (κ1) is 17.2. The standard InChI is InChI=1S/C25H19N3O/c1-2-18-12-14-19(15-13-18)17-27-22-10-6-7-11-23(22)28-24(29)16-21(26-25(27)28)20-8-4-3-5-9-20/h2-16H,1,17H2. The van der Waals surface area contributed by atoms with E-state index in [1.54, 1.807) is 10.5 Å². The maximum absolute atomic E-state index is 13.0. The Morgan fingerprint density at radius 2 is 1.55 bits per heavy atom. The molecular formula is C25H19N3O. The van der Waals surface area contributed by atoms with Gasteiger partial charge in [0.15, 0.2) is 0 Å². The van der Waals surface area contributed by atoms with Crippen LogP contribution in [0.4, 0.5) is 0 Å². The van der Waals surface area contributed by atoms with E-state index in [1.807, 2.05) is 72.8 Å². The van der Waals surface area contributed by atoms with Crippen LogP contribution in [-0.4, -0.2) is 14.0 Å². The predicted octanol–water partition coefficient (Wildman–Crippen LogP) is 5.01. The molecule has 29 heavy (non-hydrogen) atoms. The van der Waals surface area contributed by atoms with Gasteiger partial charge in [0.05, 0.1) is 23.3 Å². The molecule has 0 aliphatic carbocycles. The highest BCUT2D eigenvalue weighted by Crippen LogP contribution is 2.23. The SMILES string of the molecule is C=Cc1ccc(Cn2c3ccccc3n3c(=O)cc(-c4ccccc4)nc23)cc1. The fourth-order valence-electron chi connectivity index (χ4n) is 3.72. The highest BCUT2D eigenvalue weighted by atomic mass is 16.1. The van der Waals surface area contributed by atoms with Gasteiger partial charge in [0.2, 0.25) is 5.78 Å². The average Bonchev–Trinajstić information content (AvgIpc) is 3.09. The Bertz CT molecular complexity index is 1390. The summed E-state index contributed by atoms with van der Waals surface area (Å²) in [4.78, 5) is 17.9. The van der Waals surface area contributed by atoms with E-state index >= 15 is 0 Å². The summed E-state index contributed by atoms with van der Waals surface area (Å²) < 4.78 is 3.80. The molecule has 140 valence electrons. The van der Waals surface area contributed by atoms with Crippen molar-refractivity contribution in [1.82, 2.24) is 14.0 Å². The number of hydrogen-bond donors (Lipinski definition) is 0. The zero-order chi connectivity index (χ0) is 19.8. The van der Waals surface area contributed by atoms with Gasteiger partial charge in [-0.2, -0.15) is 0 Å². The quantitative estimate of drug-likeness (QED) is 0.442. The van der Waals surface area contributed by atoms with Crippen LogP contribution in [0.15, 0.2) is 96.3 Å². The van der Waals surface area contributed by atoms with E-state index in [0.717, 1.165) is 27.7 Å². The summed E-state index contributed by atoms with van der Waals surface area (Å²) in [6.45, 7) is 4.44. The van der Waals surface area contributed by atoms with Gasteiger partial charge in [-0.3, -0.25) is 4.79 Å². The highest BCUT2D eigenvalue weighted by Gasteiger charge is 2.15. The second-order valence-corrected chi connectivity index (χ2v) is 7.00. The van der Waals surface area contributed by atoms with E-state index < -0.39 is 0 Å². The normalized spacial score (nSPS) is 11.2. The van der Waals surface area contributed by atoms with Crippen molar-refractivity contribution < 1.29 is 0 Å². The van der Waals surface area contributed by atoms with Crippen LogP contribution in [0.25, 0.3) is 34.1 Å². The molecule has 0 aliphatic rings. The summed E-state index contributed by atoms with van der Waals surface area (Å²) in [6, 6.07) is 27.6. The molecule has 0 atom stereocenters. The van der Waals surface area contributed by atoms with Gasteiger partial charge in [-0.1, -0.05) is 79.4 Å². The zero-order valence-corrected chi connectivity index (χ0v) is 15.8. The predicted molar refractivity (Wildman–Crippen MR) is 118 cm³/mol. The van der Waals surface area contributed by atoms with Crippen LogP contribution in [0.1, 0.15) is 11.1 Å². The van der Waals surface area contributed by atoms with Crippen LogP contribution in [-0.2, 0) is 6.54 Å². The number of rotatable bonds is 4. The van der Waals surface area contributed by atoms with Crippen molar-refractivity contribution in [2.45, 2.75) is 6.54 Å². The van der Waals surface area contributed by atoms with Crippen LogP contribution in [0.5, 0.6) is 0 Å². The minimum Gasteiger partial charge on any atom is -0.305 e. The van der Waals surface area contributed by atoms with Gasteiger partial charge in [-0.15, -0.1) is 0 Å². The molecule has 0 fully saturated rings. The molecule has 0 saturated carbocycles. The maximum atomic E-state index is 13.0. The van der Waals surface area contributed by atoms with Crippen LogP contribution in [0.3, 0.4) is 0 Å². The first-order valence-corrected chi connectivity index (χ1v) is 9.52. The third kappa shape index (κ3) is 2.95. The van der Waals surface area contributed by atoms with E-state index in [9.17, 15) is 4.79 Å². The zero-order valence-electron chi connectivity index (χ0n) is 15.8. The van der Waals surface area contributed by atoms with Crippen molar-refractivity contribution in [3.8, 4) is 11.3 Å². The lowest BCUT2D eigenvalue weighted by molar-refractivity contribution is 0.834. The van der Waals surface area contributed by atoms with Crippen molar-refractivity contribution >= 4 is 22.9 Å². The topological polar surface area (TPSA) is 39.3 Å². The maximum Gasteiger partial charge on any atom is 0.260 e. The molecule has 5 aromatic rings. The smallest absolute Gasteiger partial charge is 0.260 e. The number of imidazole rings is 1. The Morgan fingerprint density at radius 1 is 0.862 bits per heavy atom. The molecule has 3 aromatic carbocycles. The molecule has 0 N–H and O–H groups in total. The van der Waals surface area contributed by atoms with E-state index in [2.05, 4.69) is 23.3 Å². The fourth-order valence-corrected chi connectivity index (χ4v) is 3.72. The Balaban J connectivity index is 1.76. The molecule has 2 heterocycles. The molecule has 0 aliphatic heterocycles. The van der Waals surface area contributed by atoms with Gasteiger partial charge in [0.1, 0.15) is 0 Å². The molecule has 0 saturated heterocycles. The summed E-state index contributed by atoms with van der Waals surface area (Å²) in [7, 11) is 0. The molecule has 0 bridgehead atoms. The molecule has 0 spiro atoms. The van der Waals surface area contributed by atoms with E-state index in [4.69, 9.17) is 4.98 Å². The van der Waals surface area contributed by atoms with Crippen LogP contribution < -0.4 is 5.56 Å². The minimum absolute atomic E-state index is 0.0780. The third-order valence-corrected chi connectivity index (χ3v) is 5.18. The monoisotopic (exact) mass is 377 g/mol. The number of hydrogen-bond acceptors (Lipinski definition) is 2. The molecule has 4 heteroatoms. The third-order valence-electron chi connectivity index (χ3n) is 5.18. The number of para-hydroxylation sites is 2. The molecule has 0 unspecified atom stereocenters. The first-order chi connectivity index (χ1) is 14.2. The number of benzene rings is 3. The minimum atomic E-state index is -0.0780. The van der Waals surface area contributed by atoms with Crippen molar-refractivity contribution in [2.75, 3.05) is 0 Å². The summed E-state index contributed by atoms with van der Waals surface area (Å²) in [5.41, 5.74) is 5.60. The van der Waals surface area contributed by atoms with Crippen LogP contribution >= 0.6 is 0 Å². The molecular weight excluding hydrogens is 358 g/mol. The molecule has 4 nitrogen and oxygen atoms in total. The highest BCUT2D eigenvalue weighted by molar-refractivity contribution is 5.81. The van der Waals surface area contributed by atoms with Gasteiger partial charge in [0, 0.05) is 11.6 Å².